The summed E-state index contributed by atoms with van der Waals surface area (Å²) in [7, 11) is 0. The highest BCUT2D eigenvalue weighted by atomic mass is 35.5. The van der Waals surface area contributed by atoms with E-state index in [2.05, 4.69) is 55.0 Å². The minimum atomic E-state index is -0.143. The highest BCUT2D eigenvalue weighted by molar-refractivity contribution is 7.99. The summed E-state index contributed by atoms with van der Waals surface area (Å²) < 4.78 is 7.83. The number of allylic oxidation sites excluding steroid dienone is 1. The summed E-state index contributed by atoms with van der Waals surface area (Å²) in [5.41, 5.74) is 2.87. The first-order chi connectivity index (χ1) is 15.7. The van der Waals surface area contributed by atoms with E-state index in [0.717, 1.165) is 11.3 Å². The second kappa shape index (κ2) is 10.9. The average molecular weight is 485 g/mol. The van der Waals surface area contributed by atoms with E-state index >= 15 is 0 Å². The fourth-order valence-electron chi connectivity index (χ4n) is 3.10. The Morgan fingerprint density at radius 3 is 2.61 bits per heavy atom. The molecule has 3 aromatic rings. The number of nitrogens with zero attached hydrogens (tertiary/aromatic N) is 3. The summed E-state index contributed by atoms with van der Waals surface area (Å²) in [6, 6.07) is 13.5. The molecule has 0 saturated carbocycles. The molecule has 0 bridgehead atoms. The monoisotopic (exact) mass is 484 g/mol. The van der Waals surface area contributed by atoms with Crippen molar-refractivity contribution >= 4 is 35.0 Å². The number of aromatic nitrogens is 3. The lowest BCUT2D eigenvalue weighted by Gasteiger charge is -2.19. The van der Waals surface area contributed by atoms with Gasteiger partial charge in [0.2, 0.25) is 5.91 Å². The maximum Gasteiger partial charge on any atom is 0.234 e. The Labute approximate surface area is 204 Å². The van der Waals surface area contributed by atoms with E-state index in [-0.39, 0.29) is 23.7 Å². The predicted molar refractivity (Wildman–Crippen MR) is 135 cm³/mol. The van der Waals surface area contributed by atoms with Crippen molar-refractivity contribution in [3.63, 3.8) is 0 Å². The molecule has 1 N–H and O–H groups in total. The molecule has 0 fully saturated rings. The summed E-state index contributed by atoms with van der Waals surface area (Å²) in [5.74, 6) is 1.48. The molecule has 0 saturated heterocycles. The standard InChI is InChI=1S/C25H29ClN4O2S/c1-6-14-30-22(15-32-19-12-10-18(11-13-19)25(3,4)5)28-29-24(30)33-16-23(31)27-21-9-7-8-20(26)17(21)2/h6-13H,1,14-16H2,2-5H3,(H,27,31). The van der Waals surface area contributed by atoms with Crippen molar-refractivity contribution < 1.29 is 9.53 Å². The zero-order valence-corrected chi connectivity index (χ0v) is 21.0. The molecular weight excluding hydrogens is 456 g/mol. The van der Waals surface area contributed by atoms with Crippen LogP contribution in [0.2, 0.25) is 5.02 Å². The number of carbonyl (C=O) groups excluding carboxylic acids is 1. The molecule has 1 amide bonds. The van der Waals surface area contributed by atoms with Crippen molar-refractivity contribution in [2.75, 3.05) is 11.1 Å². The molecule has 174 valence electrons. The highest BCUT2D eigenvalue weighted by Gasteiger charge is 2.16. The lowest BCUT2D eigenvalue weighted by atomic mass is 9.87. The quantitative estimate of drug-likeness (QED) is 0.296. The summed E-state index contributed by atoms with van der Waals surface area (Å²) in [4.78, 5) is 12.5. The van der Waals surface area contributed by atoms with Gasteiger partial charge >= 0.3 is 0 Å². The number of hydrogen-bond donors (Lipinski definition) is 1. The fraction of sp³-hybridized carbons (Fsp3) is 0.320. The number of ether oxygens (including phenoxy) is 1. The van der Waals surface area contributed by atoms with Crippen molar-refractivity contribution in [1.29, 1.82) is 0 Å². The minimum absolute atomic E-state index is 0.0898. The van der Waals surface area contributed by atoms with Gasteiger partial charge in [-0.1, -0.05) is 68.4 Å². The van der Waals surface area contributed by atoms with Crippen LogP contribution < -0.4 is 10.1 Å². The third-order valence-corrected chi connectivity index (χ3v) is 6.44. The lowest BCUT2D eigenvalue weighted by Crippen LogP contribution is -2.15. The molecule has 0 atom stereocenters. The fourth-order valence-corrected chi connectivity index (χ4v) is 4.04. The zero-order valence-electron chi connectivity index (χ0n) is 19.4. The van der Waals surface area contributed by atoms with E-state index in [4.69, 9.17) is 16.3 Å². The molecule has 0 aliphatic heterocycles. The second-order valence-corrected chi connectivity index (χ2v) is 9.96. The van der Waals surface area contributed by atoms with Crippen LogP contribution in [0.15, 0.2) is 60.3 Å². The summed E-state index contributed by atoms with van der Waals surface area (Å²) in [6.07, 6.45) is 1.77. The Kier molecular flexibility index (Phi) is 8.21. The molecule has 0 aliphatic carbocycles. The lowest BCUT2D eigenvalue weighted by molar-refractivity contribution is -0.113. The van der Waals surface area contributed by atoms with E-state index < -0.39 is 0 Å². The van der Waals surface area contributed by atoms with Gasteiger partial charge < -0.3 is 10.1 Å². The van der Waals surface area contributed by atoms with Gasteiger partial charge in [0.1, 0.15) is 12.4 Å². The first-order valence-corrected chi connectivity index (χ1v) is 12.0. The summed E-state index contributed by atoms with van der Waals surface area (Å²) in [6.45, 7) is 13.0. The molecule has 1 aromatic heterocycles. The van der Waals surface area contributed by atoms with Crippen LogP contribution in [0, 0.1) is 6.92 Å². The molecule has 0 aliphatic rings. The van der Waals surface area contributed by atoms with Crippen LogP contribution in [0.3, 0.4) is 0 Å². The van der Waals surface area contributed by atoms with Crippen LogP contribution in [-0.2, 0) is 23.4 Å². The van der Waals surface area contributed by atoms with Gasteiger partial charge in [0, 0.05) is 17.3 Å². The topological polar surface area (TPSA) is 69.0 Å². The largest absolute Gasteiger partial charge is 0.486 e. The second-order valence-electron chi connectivity index (χ2n) is 8.61. The van der Waals surface area contributed by atoms with Gasteiger partial charge in [0.15, 0.2) is 11.0 Å². The molecule has 6 nitrogen and oxygen atoms in total. The minimum Gasteiger partial charge on any atom is -0.486 e. The van der Waals surface area contributed by atoms with E-state index in [0.29, 0.717) is 28.2 Å². The van der Waals surface area contributed by atoms with Gasteiger partial charge in [-0.15, -0.1) is 16.8 Å². The third kappa shape index (κ3) is 6.62. The SMILES string of the molecule is C=CCn1c(COc2ccc(C(C)(C)C)cc2)nnc1SCC(=O)Nc1cccc(Cl)c1C. The molecule has 8 heteroatoms. The molecule has 2 aromatic carbocycles. The van der Waals surface area contributed by atoms with Crippen LogP contribution in [0.25, 0.3) is 0 Å². The van der Waals surface area contributed by atoms with Crippen molar-refractivity contribution in [1.82, 2.24) is 14.8 Å². The molecule has 0 unspecified atom stereocenters. The van der Waals surface area contributed by atoms with Crippen LogP contribution >= 0.6 is 23.4 Å². The summed E-state index contributed by atoms with van der Waals surface area (Å²) >= 11 is 7.44. The average Bonchev–Trinajstić information content (AvgIpc) is 3.15. The van der Waals surface area contributed by atoms with Crippen molar-refractivity contribution in [2.45, 2.75) is 51.4 Å². The molecule has 0 radical (unpaired) electrons. The number of halogens is 1. The van der Waals surface area contributed by atoms with Crippen LogP contribution in [0.5, 0.6) is 5.75 Å². The zero-order chi connectivity index (χ0) is 24.0. The van der Waals surface area contributed by atoms with Crippen LogP contribution in [0.1, 0.15) is 37.7 Å². The van der Waals surface area contributed by atoms with Gasteiger partial charge in [0.05, 0.1) is 5.75 Å². The number of carbonyl (C=O) groups is 1. The van der Waals surface area contributed by atoms with Gasteiger partial charge in [-0.05, 0) is 47.7 Å². The Morgan fingerprint density at radius 1 is 1.21 bits per heavy atom. The number of amides is 1. The Morgan fingerprint density at radius 2 is 1.94 bits per heavy atom. The van der Waals surface area contributed by atoms with Gasteiger partial charge in [-0.25, -0.2) is 0 Å². The molecule has 1 heterocycles. The molecule has 0 spiro atoms. The van der Waals surface area contributed by atoms with E-state index in [1.807, 2.05) is 35.8 Å². The molecular formula is C25H29ClN4O2S. The normalized spacial score (nSPS) is 11.3. The van der Waals surface area contributed by atoms with Crippen molar-refractivity contribution in [3.8, 4) is 5.75 Å². The maximum absolute atomic E-state index is 12.5. The Bertz CT molecular complexity index is 1120. The number of anilines is 1. The Balaban J connectivity index is 1.62. The molecule has 33 heavy (non-hydrogen) atoms. The first-order valence-electron chi connectivity index (χ1n) is 10.6. The smallest absolute Gasteiger partial charge is 0.234 e. The maximum atomic E-state index is 12.5. The van der Waals surface area contributed by atoms with Crippen LogP contribution in [0.4, 0.5) is 5.69 Å². The van der Waals surface area contributed by atoms with Crippen molar-refractivity contribution in [2.24, 2.45) is 0 Å². The van der Waals surface area contributed by atoms with Crippen molar-refractivity contribution in [3.05, 3.63) is 77.1 Å². The predicted octanol–water partition coefficient (Wildman–Crippen LogP) is 6.03. The summed E-state index contributed by atoms with van der Waals surface area (Å²) in [5, 5.41) is 12.7. The Hall–Kier alpha value is -2.77. The van der Waals surface area contributed by atoms with Gasteiger partial charge in [0.25, 0.3) is 0 Å². The van der Waals surface area contributed by atoms with Gasteiger partial charge in [-0.3, -0.25) is 9.36 Å². The number of thioether (sulfide) groups is 1. The number of nitrogens with one attached hydrogen (secondary N) is 1. The van der Waals surface area contributed by atoms with E-state index in [1.54, 1.807) is 12.1 Å². The van der Waals surface area contributed by atoms with E-state index in [1.165, 1.54) is 17.3 Å². The van der Waals surface area contributed by atoms with Crippen LogP contribution in [-0.4, -0.2) is 26.4 Å². The number of rotatable bonds is 9. The molecule has 3 rings (SSSR count). The third-order valence-electron chi connectivity index (χ3n) is 5.07. The first kappa shape index (κ1) is 24.9. The highest BCUT2D eigenvalue weighted by Crippen LogP contribution is 2.26. The number of benzene rings is 2. The van der Waals surface area contributed by atoms with Gasteiger partial charge in [-0.2, -0.15) is 0 Å². The number of hydrogen-bond acceptors (Lipinski definition) is 5. The van der Waals surface area contributed by atoms with E-state index in [9.17, 15) is 4.79 Å².